The minimum Gasteiger partial charge on any atom is -0.502 e. The normalized spacial score (nSPS) is 11.4. The van der Waals surface area contributed by atoms with Crippen molar-refractivity contribution in [2.24, 2.45) is 0 Å². The number of nitro groups is 2. The van der Waals surface area contributed by atoms with Crippen molar-refractivity contribution < 1.29 is 15.0 Å². The third kappa shape index (κ3) is 2.92. The molecule has 100 valence electrons. The number of non-ortho nitro benzene ring substituents is 1. The maximum absolute atomic E-state index is 10.7. The topological polar surface area (TPSA) is 143 Å². The number of nitrogens with zero attached hydrogens (tertiary/aromatic N) is 2. The smallest absolute Gasteiger partial charge is 0.317 e. The molecule has 0 heterocycles. The molecule has 0 radical (unpaired) electrons. The van der Waals surface area contributed by atoms with Crippen LogP contribution in [0.25, 0.3) is 0 Å². The second-order valence-electron chi connectivity index (χ2n) is 3.73. The van der Waals surface area contributed by atoms with E-state index in [4.69, 9.17) is 0 Å². The minimum absolute atomic E-state index is 0. The molecule has 0 bridgehead atoms. The molecule has 1 unspecified atom stereocenters. The molecule has 1 aromatic rings. The zero-order chi connectivity index (χ0) is 13.2. The Kier molecular flexibility index (Phi) is 5.19. The monoisotopic (exact) mass is 258 g/mol. The average Bonchev–Trinajstić information content (AvgIpc) is 2.27. The van der Waals surface area contributed by atoms with Gasteiger partial charge in [0.15, 0.2) is 5.75 Å². The summed E-state index contributed by atoms with van der Waals surface area (Å²) in [5, 5.41) is 31.0. The van der Waals surface area contributed by atoms with Gasteiger partial charge in [-0.05, 0) is 12.3 Å². The first-order chi connectivity index (χ1) is 7.88. The quantitative estimate of drug-likeness (QED) is 0.629. The number of hydrogen-bond donors (Lipinski definition) is 2. The van der Waals surface area contributed by atoms with Crippen LogP contribution in [-0.2, 0) is 0 Å². The van der Waals surface area contributed by atoms with E-state index >= 15 is 0 Å². The number of rotatable bonds is 4. The standard InChI is InChI=1S/C10H12N2O5.H3N/c1-3-6(2)8-4-7(11(14)15)5-9(10(8)13)12(16)17;/h4-6,13H,3H2,1-2H3;1H3/p+1. The third-order valence-electron chi connectivity index (χ3n) is 2.65. The number of quaternary nitrogens is 1. The van der Waals surface area contributed by atoms with E-state index in [1.54, 1.807) is 6.92 Å². The van der Waals surface area contributed by atoms with E-state index in [9.17, 15) is 25.3 Å². The van der Waals surface area contributed by atoms with E-state index in [1.807, 2.05) is 6.92 Å². The Balaban J connectivity index is 0.00000289. The first kappa shape index (κ1) is 15.8. The van der Waals surface area contributed by atoms with Crippen LogP contribution in [0.5, 0.6) is 5.75 Å². The summed E-state index contributed by atoms with van der Waals surface area (Å²) in [6.07, 6.45) is 0.617. The molecule has 0 saturated heterocycles. The summed E-state index contributed by atoms with van der Waals surface area (Å²) in [6.45, 7) is 3.57. The van der Waals surface area contributed by atoms with E-state index in [2.05, 4.69) is 0 Å². The van der Waals surface area contributed by atoms with Gasteiger partial charge in [0.2, 0.25) is 0 Å². The lowest BCUT2D eigenvalue weighted by Gasteiger charge is -2.10. The summed E-state index contributed by atoms with van der Waals surface area (Å²) in [5.74, 6) is -0.677. The summed E-state index contributed by atoms with van der Waals surface area (Å²) in [4.78, 5) is 19.8. The first-order valence-corrected chi connectivity index (χ1v) is 5.04. The van der Waals surface area contributed by atoms with Gasteiger partial charge in [0.25, 0.3) is 5.69 Å². The van der Waals surface area contributed by atoms with E-state index < -0.39 is 21.3 Å². The molecule has 18 heavy (non-hydrogen) atoms. The highest BCUT2D eigenvalue weighted by Gasteiger charge is 2.25. The van der Waals surface area contributed by atoms with Gasteiger partial charge in [0.1, 0.15) is 0 Å². The van der Waals surface area contributed by atoms with Crippen molar-refractivity contribution in [1.29, 1.82) is 0 Å². The zero-order valence-corrected chi connectivity index (χ0v) is 10.4. The Bertz CT molecular complexity index is 475. The van der Waals surface area contributed by atoms with Gasteiger partial charge in [0.05, 0.1) is 15.9 Å². The first-order valence-electron chi connectivity index (χ1n) is 5.04. The van der Waals surface area contributed by atoms with Crippen LogP contribution in [0.3, 0.4) is 0 Å². The number of benzene rings is 1. The molecule has 8 nitrogen and oxygen atoms in total. The summed E-state index contributed by atoms with van der Waals surface area (Å²) >= 11 is 0. The highest BCUT2D eigenvalue weighted by Crippen LogP contribution is 2.38. The van der Waals surface area contributed by atoms with Crippen LogP contribution in [0.2, 0.25) is 0 Å². The molecular weight excluding hydrogens is 242 g/mol. The van der Waals surface area contributed by atoms with Gasteiger partial charge in [-0.1, -0.05) is 13.8 Å². The van der Waals surface area contributed by atoms with Gasteiger partial charge in [-0.15, -0.1) is 0 Å². The van der Waals surface area contributed by atoms with Crippen LogP contribution in [0, 0.1) is 20.2 Å². The second kappa shape index (κ2) is 5.92. The zero-order valence-electron chi connectivity index (χ0n) is 10.4. The van der Waals surface area contributed by atoms with E-state index in [1.165, 1.54) is 6.07 Å². The van der Waals surface area contributed by atoms with E-state index in [-0.39, 0.29) is 23.3 Å². The maximum Gasteiger partial charge on any atom is 0.317 e. The molecule has 0 fully saturated rings. The molecule has 0 aromatic heterocycles. The van der Waals surface area contributed by atoms with Crippen LogP contribution in [0.1, 0.15) is 31.7 Å². The molecule has 1 aromatic carbocycles. The Morgan fingerprint density at radius 3 is 2.22 bits per heavy atom. The summed E-state index contributed by atoms with van der Waals surface area (Å²) in [7, 11) is 0. The molecule has 1 atom stereocenters. The van der Waals surface area contributed by atoms with Crippen molar-refractivity contribution in [2.75, 3.05) is 0 Å². The lowest BCUT2D eigenvalue weighted by Crippen LogP contribution is -1.99. The van der Waals surface area contributed by atoms with Gasteiger partial charge in [-0.25, -0.2) is 0 Å². The number of nitro benzene ring substituents is 2. The van der Waals surface area contributed by atoms with E-state index in [0.717, 1.165) is 6.07 Å². The Morgan fingerprint density at radius 1 is 1.28 bits per heavy atom. The molecule has 0 spiro atoms. The van der Waals surface area contributed by atoms with Crippen molar-refractivity contribution in [1.82, 2.24) is 6.15 Å². The van der Waals surface area contributed by atoms with Crippen molar-refractivity contribution in [3.05, 3.63) is 37.9 Å². The molecule has 0 aliphatic heterocycles. The number of aromatic hydroxyl groups is 1. The van der Waals surface area contributed by atoms with Crippen molar-refractivity contribution in [3.8, 4) is 5.75 Å². The van der Waals surface area contributed by atoms with Crippen LogP contribution in [-0.4, -0.2) is 15.0 Å². The Labute approximate surface area is 103 Å². The fourth-order valence-electron chi connectivity index (χ4n) is 1.47. The lowest BCUT2D eigenvalue weighted by molar-refractivity contribution is -0.394. The summed E-state index contributed by atoms with van der Waals surface area (Å²) < 4.78 is 0. The number of phenols is 1. The number of hydrogen-bond acceptors (Lipinski definition) is 5. The lowest BCUT2D eigenvalue weighted by atomic mass is 9.96. The molecule has 0 saturated carbocycles. The van der Waals surface area contributed by atoms with E-state index in [0.29, 0.717) is 6.42 Å². The maximum atomic E-state index is 10.7. The highest BCUT2D eigenvalue weighted by molar-refractivity contribution is 5.58. The van der Waals surface area contributed by atoms with Crippen LogP contribution in [0.15, 0.2) is 12.1 Å². The molecule has 0 aliphatic carbocycles. The largest absolute Gasteiger partial charge is 0.502 e. The highest BCUT2D eigenvalue weighted by atomic mass is 16.6. The van der Waals surface area contributed by atoms with Gasteiger partial charge < -0.3 is 11.3 Å². The van der Waals surface area contributed by atoms with Crippen molar-refractivity contribution in [3.63, 3.8) is 0 Å². The summed E-state index contributed by atoms with van der Waals surface area (Å²) in [5.41, 5.74) is -0.785. The minimum atomic E-state index is -0.825. The third-order valence-corrected chi connectivity index (χ3v) is 2.65. The predicted octanol–water partition coefficient (Wildman–Crippen LogP) is 3.10. The fraction of sp³-hybridized carbons (Fsp3) is 0.400. The van der Waals surface area contributed by atoms with Gasteiger partial charge in [-0.2, -0.15) is 0 Å². The summed E-state index contributed by atoms with van der Waals surface area (Å²) in [6, 6.07) is 1.94. The SMILES string of the molecule is CCC(C)c1cc([N+](=O)[O-])cc([N+](=O)[O-])c1O.[NH4+]. The van der Waals surface area contributed by atoms with Crippen LogP contribution < -0.4 is 6.15 Å². The Hall–Kier alpha value is -2.22. The number of phenolic OH excluding ortho intramolecular Hbond substituents is 1. The fourth-order valence-corrected chi connectivity index (χ4v) is 1.47. The molecule has 1 rings (SSSR count). The van der Waals surface area contributed by atoms with Crippen molar-refractivity contribution in [2.45, 2.75) is 26.2 Å². The van der Waals surface area contributed by atoms with Gasteiger partial charge in [0, 0.05) is 11.6 Å². The molecule has 0 amide bonds. The molecule has 8 heteroatoms. The second-order valence-corrected chi connectivity index (χ2v) is 3.73. The Morgan fingerprint density at radius 2 is 1.83 bits per heavy atom. The van der Waals surface area contributed by atoms with Crippen LogP contribution >= 0.6 is 0 Å². The molecule has 0 aliphatic rings. The van der Waals surface area contributed by atoms with Gasteiger partial charge >= 0.3 is 5.69 Å². The van der Waals surface area contributed by atoms with Crippen molar-refractivity contribution >= 4 is 11.4 Å². The molecule has 5 N–H and O–H groups in total. The van der Waals surface area contributed by atoms with Gasteiger partial charge in [-0.3, -0.25) is 20.2 Å². The van der Waals surface area contributed by atoms with Crippen LogP contribution in [0.4, 0.5) is 11.4 Å². The molecular formula is C10H16N3O5+. The predicted molar refractivity (Wildman–Crippen MR) is 66.1 cm³/mol. The average molecular weight is 258 g/mol.